The fourth-order valence-corrected chi connectivity index (χ4v) is 4.29. The second-order valence-corrected chi connectivity index (χ2v) is 7.06. The second kappa shape index (κ2) is 8.16. The van der Waals surface area contributed by atoms with E-state index in [0.29, 0.717) is 12.1 Å². The molecule has 1 aliphatic heterocycles. The molecule has 2 nitrogen and oxygen atoms in total. The molecule has 1 aromatic rings. The first-order chi connectivity index (χ1) is 9.76. The molecule has 1 fully saturated rings. The average molecular weight is 295 g/mol. The molecule has 1 N–H and O–H groups in total. The summed E-state index contributed by atoms with van der Waals surface area (Å²) in [6.45, 7) is 9.38. The summed E-state index contributed by atoms with van der Waals surface area (Å²) in [6, 6.07) is 6.58. The molecular weight excluding hydrogens is 264 g/mol. The predicted molar refractivity (Wildman–Crippen MR) is 89.5 cm³/mol. The molecule has 2 rings (SSSR count). The highest BCUT2D eigenvalue weighted by atomic mass is 32.1. The third-order valence-electron chi connectivity index (χ3n) is 4.44. The monoisotopic (exact) mass is 294 g/mol. The Morgan fingerprint density at radius 1 is 1.40 bits per heavy atom. The van der Waals surface area contributed by atoms with Crippen molar-refractivity contribution in [1.29, 1.82) is 0 Å². The van der Waals surface area contributed by atoms with Crippen LogP contribution in [-0.2, 0) is 0 Å². The Kier molecular flexibility index (Phi) is 6.53. The maximum absolute atomic E-state index is 3.70. The summed E-state index contributed by atoms with van der Waals surface area (Å²) in [5.41, 5.74) is 0. The first kappa shape index (κ1) is 16.0. The Labute approximate surface area is 128 Å². The molecule has 1 aromatic heterocycles. The van der Waals surface area contributed by atoms with Gasteiger partial charge in [-0.2, -0.15) is 0 Å². The zero-order chi connectivity index (χ0) is 14.4. The Hall–Kier alpha value is -0.380. The maximum atomic E-state index is 3.70. The van der Waals surface area contributed by atoms with Gasteiger partial charge in [0.2, 0.25) is 0 Å². The highest BCUT2D eigenvalue weighted by Gasteiger charge is 2.30. The minimum absolute atomic E-state index is 0.641. The van der Waals surface area contributed by atoms with Gasteiger partial charge in [-0.3, -0.25) is 4.90 Å². The summed E-state index contributed by atoms with van der Waals surface area (Å²) in [5.74, 6) is 0. The van der Waals surface area contributed by atoms with Gasteiger partial charge < -0.3 is 5.32 Å². The molecule has 114 valence electrons. The lowest BCUT2D eigenvalue weighted by Gasteiger charge is -2.42. The normalized spacial score (nSPS) is 25.8. The third-order valence-corrected chi connectivity index (χ3v) is 5.42. The van der Waals surface area contributed by atoms with Gasteiger partial charge >= 0.3 is 0 Å². The van der Waals surface area contributed by atoms with E-state index in [9.17, 15) is 0 Å². The molecule has 3 atom stereocenters. The van der Waals surface area contributed by atoms with Crippen molar-refractivity contribution in [1.82, 2.24) is 10.2 Å². The quantitative estimate of drug-likeness (QED) is 0.799. The fraction of sp³-hybridized carbons (Fsp3) is 0.765. The Balaban J connectivity index is 1.97. The topological polar surface area (TPSA) is 15.3 Å². The van der Waals surface area contributed by atoms with Crippen LogP contribution in [-0.4, -0.2) is 30.1 Å². The Bertz CT molecular complexity index is 363. The zero-order valence-electron chi connectivity index (χ0n) is 13.3. The molecule has 0 bridgehead atoms. The lowest BCUT2D eigenvalue weighted by molar-refractivity contribution is 0.0838. The first-order valence-electron chi connectivity index (χ1n) is 8.28. The van der Waals surface area contributed by atoms with E-state index in [2.05, 4.69) is 48.5 Å². The second-order valence-electron chi connectivity index (χ2n) is 6.08. The predicted octanol–water partition coefficient (Wildman–Crippen LogP) is 4.44. The van der Waals surface area contributed by atoms with E-state index in [0.717, 1.165) is 6.04 Å². The summed E-state index contributed by atoms with van der Waals surface area (Å²) >= 11 is 1.92. The van der Waals surface area contributed by atoms with Gasteiger partial charge in [-0.15, -0.1) is 11.3 Å². The standard InChI is InChI=1S/C17H30N2S/c1-4-7-16(17-8-6-12-20-17)19-11-9-15(13-14(19)3)18-10-5-2/h6,8,12,14-16,18H,4-5,7,9-11,13H2,1-3H3. The minimum Gasteiger partial charge on any atom is -0.314 e. The van der Waals surface area contributed by atoms with Crippen molar-refractivity contribution in [2.75, 3.05) is 13.1 Å². The van der Waals surface area contributed by atoms with Crippen LogP contribution >= 0.6 is 11.3 Å². The molecular formula is C17H30N2S. The number of rotatable bonds is 7. The van der Waals surface area contributed by atoms with Gasteiger partial charge in [-0.25, -0.2) is 0 Å². The number of hydrogen-bond donors (Lipinski definition) is 1. The van der Waals surface area contributed by atoms with Crippen LogP contribution in [0, 0.1) is 0 Å². The Morgan fingerprint density at radius 3 is 2.85 bits per heavy atom. The molecule has 2 heterocycles. The van der Waals surface area contributed by atoms with Gasteiger partial charge in [0.15, 0.2) is 0 Å². The zero-order valence-corrected chi connectivity index (χ0v) is 14.1. The van der Waals surface area contributed by atoms with Crippen LogP contribution in [0.1, 0.15) is 63.8 Å². The van der Waals surface area contributed by atoms with Crippen molar-refractivity contribution in [3.05, 3.63) is 22.4 Å². The highest BCUT2D eigenvalue weighted by Crippen LogP contribution is 2.34. The molecule has 3 heteroatoms. The van der Waals surface area contributed by atoms with Gasteiger partial charge in [0.1, 0.15) is 0 Å². The van der Waals surface area contributed by atoms with Crippen molar-refractivity contribution < 1.29 is 0 Å². The van der Waals surface area contributed by atoms with Crippen LogP contribution in [0.25, 0.3) is 0 Å². The van der Waals surface area contributed by atoms with Crippen LogP contribution in [0.5, 0.6) is 0 Å². The molecule has 20 heavy (non-hydrogen) atoms. The molecule has 3 unspecified atom stereocenters. The summed E-state index contributed by atoms with van der Waals surface area (Å²) in [7, 11) is 0. The van der Waals surface area contributed by atoms with E-state index >= 15 is 0 Å². The summed E-state index contributed by atoms with van der Waals surface area (Å²) < 4.78 is 0. The first-order valence-corrected chi connectivity index (χ1v) is 9.16. The van der Waals surface area contributed by atoms with Gasteiger partial charge in [-0.05, 0) is 50.6 Å². The van der Waals surface area contributed by atoms with Crippen molar-refractivity contribution >= 4 is 11.3 Å². The molecule has 1 saturated heterocycles. The van der Waals surface area contributed by atoms with Crippen LogP contribution in [0.15, 0.2) is 17.5 Å². The SMILES string of the molecule is CCCNC1CCN(C(CCC)c2cccs2)C(C)C1. The van der Waals surface area contributed by atoms with Crippen LogP contribution in [0.2, 0.25) is 0 Å². The molecule has 0 aromatic carbocycles. The fourth-order valence-electron chi connectivity index (χ4n) is 3.41. The average Bonchev–Trinajstić information content (AvgIpc) is 2.97. The van der Waals surface area contributed by atoms with E-state index in [4.69, 9.17) is 0 Å². The van der Waals surface area contributed by atoms with Gasteiger partial charge in [-0.1, -0.05) is 26.3 Å². The number of nitrogens with one attached hydrogen (secondary N) is 1. The van der Waals surface area contributed by atoms with E-state index < -0.39 is 0 Å². The van der Waals surface area contributed by atoms with Gasteiger partial charge in [0.05, 0.1) is 0 Å². The molecule has 0 radical (unpaired) electrons. The number of thiophene rings is 1. The van der Waals surface area contributed by atoms with E-state index in [1.807, 2.05) is 11.3 Å². The van der Waals surface area contributed by atoms with Gasteiger partial charge in [0.25, 0.3) is 0 Å². The molecule has 0 amide bonds. The third kappa shape index (κ3) is 4.06. The maximum Gasteiger partial charge on any atom is 0.0444 e. The summed E-state index contributed by atoms with van der Waals surface area (Å²) in [4.78, 5) is 4.30. The van der Waals surface area contributed by atoms with Crippen molar-refractivity contribution in [3.63, 3.8) is 0 Å². The van der Waals surface area contributed by atoms with E-state index in [1.165, 1.54) is 45.2 Å². The number of hydrogen-bond acceptors (Lipinski definition) is 3. The Morgan fingerprint density at radius 2 is 2.25 bits per heavy atom. The number of nitrogens with zero attached hydrogens (tertiary/aromatic N) is 1. The largest absolute Gasteiger partial charge is 0.314 e. The highest BCUT2D eigenvalue weighted by molar-refractivity contribution is 7.10. The van der Waals surface area contributed by atoms with Crippen molar-refractivity contribution in [2.45, 2.75) is 71.0 Å². The van der Waals surface area contributed by atoms with Crippen molar-refractivity contribution in [3.8, 4) is 0 Å². The number of piperidine rings is 1. The van der Waals surface area contributed by atoms with Crippen molar-refractivity contribution in [2.24, 2.45) is 0 Å². The van der Waals surface area contributed by atoms with Gasteiger partial charge in [0, 0.05) is 29.5 Å². The lowest BCUT2D eigenvalue weighted by atomic mass is 9.94. The molecule has 1 aliphatic rings. The van der Waals surface area contributed by atoms with E-state index in [-0.39, 0.29) is 0 Å². The molecule has 0 aliphatic carbocycles. The van der Waals surface area contributed by atoms with Crippen LogP contribution in [0.3, 0.4) is 0 Å². The molecule has 0 saturated carbocycles. The molecule has 0 spiro atoms. The summed E-state index contributed by atoms with van der Waals surface area (Å²) in [5, 5.41) is 5.92. The van der Waals surface area contributed by atoms with E-state index in [1.54, 1.807) is 4.88 Å². The minimum atomic E-state index is 0.641. The summed E-state index contributed by atoms with van der Waals surface area (Å²) in [6.07, 6.45) is 6.39. The smallest absolute Gasteiger partial charge is 0.0444 e. The van der Waals surface area contributed by atoms with Crippen LogP contribution in [0.4, 0.5) is 0 Å². The lowest BCUT2D eigenvalue weighted by Crippen LogP contribution is -2.48. The van der Waals surface area contributed by atoms with Crippen LogP contribution < -0.4 is 5.32 Å². The number of likely N-dealkylation sites (tertiary alicyclic amines) is 1.